The van der Waals surface area contributed by atoms with Gasteiger partial charge in [-0.05, 0) is 38.1 Å². The molecule has 5 heterocycles. The van der Waals surface area contributed by atoms with Gasteiger partial charge in [-0.2, -0.15) is 18.3 Å². The van der Waals surface area contributed by atoms with Gasteiger partial charge in [-0.1, -0.05) is 6.07 Å². The summed E-state index contributed by atoms with van der Waals surface area (Å²) in [7, 11) is 0. The number of hydrogen-bond acceptors (Lipinski definition) is 7. The van der Waals surface area contributed by atoms with E-state index in [1.54, 1.807) is 6.92 Å². The minimum atomic E-state index is -4.58. The number of anilines is 3. The normalized spacial score (nSPS) is 21.3. The molecule has 2 aromatic heterocycles. The van der Waals surface area contributed by atoms with Crippen molar-refractivity contribution in [1.29, 1.82) is 0 Å². The third kappa shape index (κ3) is 3.79. The van der Waals surface area contributed by atoms with Gasteiger partial charge in [0.05, 0.1) is 29.6 Å². The molecule has 3 fully saturated rings. The second-order valence-electron chi connectivity index (χ2n) is 8.46. The van der Waals surface area contributed by atoms with E-state index in [9.17, 15) is 13.2 Å². The molecule has 7 nitrogen and oxygen atoms in total. The van der Waals surface area contributed by atoms with E-state index in [1.165, 1.54) is 6.07 Å². The van der Waals surface area contributed by atoms with E-state index >= 15 is 0 Å². The van der Waals surface area contributed by atoms with Crippen molar-refractivity contribution < 1.29 is 17.9 Å². The minimum absolute atomic E-state index is 0.00370. The Morgan fingerprint density at radius 2 is 1.84 bits per heavy atom. The Hall–Kier alpha value is -3.14. The predicted molar refractivity (Wildman–Crippen MR) is 115 cm³/mol. The summed E-state index contributed by atoms with van der Waals surface area (Å²) in [5, 5.41) is 13.5. The van der Waals surface area contributed by atoms with Crippen molar-refractivity contribution in [1.82, 2.24) is 15.2 Å². The highest BCUT2D eigenvalue weighted by Gasteiger charge is 2.38. The first kappa shape index (κ1) is 20.7. The highest BCUT2D eigenvalue weighted by molar-refractivity contribution is 5.95. The van der Waals surface area contributed by atoms with E-state index in [0.717, 1.165) is 47.7 Å². The van der Waals surface area contributed by atoms with E-state index in [0.29, 0.717) is 5.82 Å². The summed E-state index contributed by atoms with van der Waals surface area (Å²) < 4.78 is 45.2. The number of rotatable bonds is 4. The summed E-state index contributed by atoms with van der Waals surface area (Å²) >= 11 is 0. The molecule has 168 valence electrons. The molecule has 3 aromatic rings. The second kappa shape index (κ2) is 7.47. The molecule has 6 rings (SSSR count). The number of benzene rings is 1. The van der Waals surface area contributed by atoms with Gasteiger partial charge in [-0.3, -0.25) is 0 Å². The second-order valence-corrected chi connectivity index (χ2v) is 8.46. The number of morpholine rings is 1. The Morgan fingerprint density at radius 3 is 2.53 bits per heavy atom. The lowest BCUT2D eigenvalue weighted by Gasteiger charge is -2.48. The fraction of sp³-hybridized carbons (Fsp3) is 0.409. The number of nitrogens with two attached hydrogens (primary N) is 1. The number of nitrogens with one attached hydrogen (secondary N) is 1. The zero-order chi connectivity index (χ0) is 22.6. The lowest BCUT2D eigenvalue weighted by atomic mass is 9.97. The average molecular weight is 444 g/mol. The van der Waals surface area contributed by atoms with Crippen LogP contribution in [0.5, 0.6) is 0 Å². The molecule has 0 spiro atoms. The molecule has 3 aliphatic heterocycles. The summed E-state index contributed by atoms with van der Waals surface area (Å²) in [6.45, 7) is 5.27. The van der Waals surface area contributed by atoms with Crippen molar-refractivity contribution in [3.8, 4) is 0 Å². The number of halogens is 3. The summed E-state index contributed by atoms with van der Waals surface area (Å²) in [6.07, 6.45) is -2.92. The first-order chi connectivity index (χ1) is 15.2. The van der Waals surface area contributed by atoms with E-state index in [1.807, 2.05) is 19.1 Å². The number of fused-ring (bicyclic) bond motifs is 3. The third-order valence-corrected chi connectivity index (χ3v) is 6.03. The van der Waals surface area contributed by atoms with Crippen LogP contribution in [-0.4, -0.2) is 40.5 Å². The molecule has 0 saturated carbocycles. The van der Waals surface area contributed by atoms with E-state index in [-0.39, 0.29) is 23.6 Å². The largest absolute Gasteiger partial charge is 0.433 e. The lowest BCUT2D eigenvalue weighted by Crippen LogP contribution is -2.57. The van der Waals surface area contributed by atoms with Gasteiger partial charge in [-0.25, -0.2) is 4.98 Å². The molecule has 1 aromatic carbocycles. The maximum absolute atomic E-state index is 13.2. The molecule has 2 unspecified atom stereocenters. The number of nitrogens with zero attached hydrogens (tertiary/aromatic N) is 4. The highest BCUT2D eigenvalue weighted by Crippen LogP contribution is 2.35. The zero-order valence-corrected chi connectivity index (χ0v) is 17.6. The Balaban J connectivity index is 1.48. The van der Waals surface area contributed by atoms with Gasteiger partial charge in [-0.15, -0.1) is 5.10 Å². The molecule has 3 atom stereocenters. The van der Waals surface area contributed by atoms with Crippen LogP contribution in [0, 0.1) is 6.92 Å². The van der Waals surface area contributed by atoms with Crippen molar-refractivity contribution in [3.05, 3.63) is 47.4 Å². The molecule has 10 heteroatoms. The van der Waals surface area contributed by atoms with Gasteiger partial charge < -0.3 is 20.7 Å². The molecule has 0 radical (unpaired) electrons. The van der Waals surface area contributed by atoms with Gasteiger partial charge in [0.15, 0.2) is 5.82 Å². The van der Waals surface area contributed by atoms with Gasteiger partial charge in [0.2, 0.25) is 0 Å². The van der Waals surface area contributed by atoms with Crippen LogP contribution in [0.3, 0.4) is 0 Å². The summed E-state index contributed by atoms with van der Waals surface area (Å²) in [5.41, 5.74) is 6.70. The van der Waals surface area contributed by atoms with E-state index in [2.05, 4.69) is 31.5 Å². The van der Waals surface area contributed by atoms with Crippen LogP contribution in [0.25, 0.3) is 10.8 Å². The van der Waals surface area contributed by atoms with Crippen LogP contribution in [0.2, 0.25) is 0 Å². The topological polar surface area (TPSA) is 89.2 Å². The van der Waals surface area contributed by atoms with Crippen molar-refractivity contribution in [2.75, 3.05) is 29.0 Å². The fourth-order valence-corrected chi connectivity index (χ4v) is 4.37. The standard InChI is InChI=1S/C22H23F3N6O/c1-11-17-4-3-14(31-9-15-8-16(10-31)32-15)7-18(17)21(30-29-11)27-12(2)19-5-13(26)6-20(28-19)22(23,24)25/h3-7,12,15-16H,8-10H2,1-2H3,(H2,26,28)(H,27,30)/t12-,15?,16?/m1/s1. The van der Waals surface area contributed by atoms with E-state index < -0.39 is 17.9 Å². The maximum Gasteiger partial charge on any atom is 0.433 e. The number of aryl methyl sites for hydroxylation is 1. The number of ether oxygens (including phenoxy) is 1. The Kier molecular flexibility index (Phi) is 4.85. The number of piperidine rings is 1. The molecule has 3 aliphatic rings. The maximum atomic E-state index is 13.2. The zero-order valence-electron chi connectivity index (χ0n) is 17.6. The number of nitrogen functional groups attached to an aromatic ring is 1. The number of alkyl halides is 3. The molecule has 3 saturated heterocycles. The monoisotopic (exact) mass is 444 g/mol. The Bertz CT molecular complexity index is 1170. The van der Waals surface area contributed by atoms with Crippen LogP contribution < -0.4 is 16.0 Å². The highest BCUT2D eigenvalue weighted by atomic mass is 19.4. The summed E-state index contributed by atoms with van der Waals surface area (Å²) in [4.78, 5) is 6.06. The van der Waals surface area contributed by atoms with Crippen LogP contribution in [0.15, 0.2) is 30.3 Å². The summed E-state index contributed by atoms with van der Waals surface area (Å²) in [6, 6.07) is 7.80. The number of aromatic nitrogens is 3. The van der Waals surface area contributed by atoms with Crippen molar-refractivity contribution in [2.24, 2.45) is 0 Å². The van der Waals surface area contributed by atoms with Gasteiger partial charge in [0, 0.05) is 41.7 Å². The van der Waals surface area contributed by atoms with Gasteiger partial charge in [0.25, 0.3) is 0 Å². The molecular weight excluding hydrogens is 421 g/mol. The Labute approximate surface area is 182 Å². The van der Waals surface area contributed by atoms with Gasteiger partial charge in [0.1, 0.15) is 5.69 Å². The van der Waals surface area contributed by atoms with Crippen LogP contribution >= 0.6 is 0 Å². The first-order valence-corrected chi connectivity index (χ1v) is 10.5. The molecular formula is C22H23F3N6O. The lowest BCUT2D eigenvalue weighted by molar-refractivity contribution is -0.141. The molecule has 32 heavy (non-hydrogen) atoms. The van der Waals surface area contributed by atoms with Crippen molar-refractivity contribution in [2.45, 2.75) is 44.7 Å². The SMILES string of the molecule is Cc1nnc(N[C@H](C)c2cc(N)cc(C(F)(F)F)n2)c2cc(N3CC4CC(C3)O4)ccc12. The molecule has 0 aliphatic carbocycles. The quantitative estimate of drug-likeness (QED) is 0.627. The molecule has 3 N–H and O–H groups in total. The van der Waals surface area contributed by atoms with Gasteiger partial charge >= 0.3 is 6.18 Å². The smallest absolute Gasteiger partial charge is 0.399 e. The molecule has 2 bridgehead atoms. The third-order valence-electron chi connectivity index (χ3n) is 6.03. The minimum Gasteiger partial charge on any atom is -0.399 e. The molecule has 0 amide bonds. The average Bonchev–Trinajstić information content (AvgIpc) is 2.74. The van der Waals surface area contributed by atoms with Crippen LogP contribution in [0.1, 0.15) is 36.5 Å². The first-order valence-electron chi connectivity index (χ1n) is 10.5. The van der Waals surface area contributed by atoms with Crippen molar-refractivity contribution >= 4 is 28.0 Å². The van der Waals surface area contributed by atoms with Crippen LogP contribution in [0.4, 0.5) is 30.4 Å². The number of pyridine rings is 1. The fourth-order valence-electron chi connectivity index (χ4n) is 4.37. The summed E-state index contributed by atoms with van der Waals surface area (Å²) in [5.74, 6) is 0.483. The van der Waals surface area contributed by atoms with E-state index in [4.69, 9.17) is 10.5 Å². The Morgan fingerprint density at radius 1 is 1.12 bits per heavy atom. The van der Waals surface area contributed by atoms with Crippen LogP contribution in [-0.2, 0) is 10.9 Å². The predicted octanol–water partition coefficient (Wildman–Crippen LogP) is 4.08. The number of hydrogen-bond donors (Lipinski definition) is 2. The van der Waals surface area contributed by atoms with Crippen molar-refractivity contribution in [3.63, 3.8) is 0 Å².